The van der Waals surface area contributed by atoms with Gasteiger partial charge in [0.05, 0.1) is 11.4 Å². The largest absolute Gasteiger partial charge is 0.481 e. The SMILES string of the molecule is C/C(=N/NC(=O)[C@@H](C)Oc1cccc(Br)c1)c1ccccn1. The van der Waals surface area contributed by atoms with Crippen LogP contribution in [0.2, 0.25) is 0 Å². The summed E-state index contributed by atoms with van der Waals surface area (Å²) in [6.45, 7) is 3.45. The number of halogens is 1. The Morgan fingerprint density at radius 1 is 1.32 bits per heavy atom. The van der Waals surface area contributed by atoms with E-state index in [1.807, 2.05) is 30.3 Å². The van der Waals surface area contributed by atoms with Gasteiger partial charge in [-0.2, -0.15) is 5.10 Å². The summed E-state index contributed by atoms with van der Waals surface area (Å²) in [5.41, 5.74) is 3.83. The Labute approximate surface area is 137 Å². The summed E-state index contributed by atoms with van der Waals surface area (Å²) in [4.78, 5) is 16.2. The Bertz CT molecular complexity index is 674. The molecule has 2 aromatic rings. The molecule has 0 saturated carbocycles. The van der Waals surface area contributed by atoms with E-state index in [-0.39, 0.29) is 5.91 Å². The molecule has 1 heterocycles. The zero-order chi connectivity index (χ0) is 15.9. The number of amides is 1. The van der Waals surface area contributed by atoms with Crippen molar-refractivity contribution in [3.8, 4) is 5.75 Å². The number of carbonyl (C=O) groups is 1. The van der Waals surface area contributed by atoms with Crippen LogP contribution in [-0.4, -0.2) is 22.7 Å². The Morgan fingerprint density at radius 2 is 2.14 bits per heavy atom. The maximum Gasteiger partial charge on any atom is 0.280 e. The molecule has 2 rings (SSSR count). The normalized spacial score (nSPS) is 12.6. The lowest BCUT2D eigenvalue weighted by atomic mass is 10.3. The maximum absolute atomic E-state index is 12.0. The fourth-order valence-electron chi connectivity index (χ4n) is 1.66. The van der Waals surface area contributed by atoms with E-state index in [1.165, 1.54) is 0 Å². The molecule has 5 nitrogen and oxygen atoms in total. The minimum absolute atomic E-state index is 0.324. The van der Waals surface area contributed by atoms with Crippen molar-refractivity contribution in [3.63, 3.8) is 0 Å². The highest BCUT2D eigenvalue weighted by Crippen LogP contribution is 2.18. The molecule has 1 aromatic carbocycles. The van der Waals surface area contributed by atoms with Crippen LogP contribution in [0.15, 0.2) is 58.2 Å². The minimum Gasteiger partial charge on any atom is -0.481 e. The molecule has 0 bridgehead atoms. The van der Waals surface area contributed by atoms with E-state index in [4.69, 9.17) is 4.74 Å². The molecule has 22 heavy (non-hydrogen) atoms. The summed E-state index contributed by atoms with van der Waals surface area (Å²) in [5.74, 6) is 0.290. The second-order valence-electron chi connectivity index (χ2n) is 4.61. The summed E-state index contributed by atoms with van der Waals surface area (Å²) in [7, 11) is 0. The van der Waals surface area contributed by atoms with Gasteiger partial charge >= 0.3 is 0 Å². The number of hydrogen-bond donors (Lipinski definition) is 1. The van der Waals surface area contributed by atoms with Gasteiger partial charge in [-0.05, 0) is 44.2 Å². The number of carbonyl (C=O) groups excluding carboxylic acids is 1. The molecule has 0 aliphatic rings. The first kappa shape index (κ1) is 16.2. The van der Waals surface area contributed by atoms with Crippen LogP contribution < -0.4 is 10.2 Å². The molecule has 1 atom stereocenters. The van der Waals surface area contributed by atoms with Gasteiger partial charge in [-0.15, -0.1) is 0 Å². The van der Waals surface area contributed by atoms with E-state index in [2.05, 4.69) is 31.4 Å². The van der Waals surface area contributed by atoms with Crippen LogP contribution in [-0.2, 0) is 4.79 Å². The average molecular weight is 362 g/mol. The molecule has 0 spiro atoms. The first-order valence-corrected chi connectivity index (χ1v) is 7.53. The maximum atomic E-state index is 12.0. The van der Waals surface area contributed by atoms with Gasteiger partial charge in [0.2, 0.25) is 0 Å². The van der Waals surface area contributed by atoms with Crippen LogP contribution >= 0.6 is 15.9 Å². The first-order valence-electron chi connectivity index (χ1n) is 6.74. The van der Waals surface area contributed by atoms with Gasteiger partial charge in [0, 0.05) is 10.7 Å². The van der Waals surface area contributed by atoms with Gasteiger partial charge in [-0.3, -0.25) is 9.78 Å². The monoisotopic (exact) mass is 361 g/mol. The molecule has 1 amide bonds. The molecular formula is C16H16BrN3O2. The van der Waals surface area contributed by atoms with Crippen LogP contribution in [0, 0.1) is 0 Å². The fourth-order valence-corrected chi connectivity index (χ4v) is 2.04. The van der Waals surface area contributed by atoms with Crippen LogP contribution in [0.25, 0.3) is 0 Å². The molecule has 1 N–H and O–H groups in total. The molecule has 0 aliphatic heterocycles. The molecule has 6 heteroatoms. The predicted octanol–water partition coefficient (Wildman–Crippen LogP) is 3.15. The van der Waals surface area contributed by atoms with Crippen molar-refractivity contribution in [2.24, 2.45) is 5.10 Å². The Hall–Kier alpha value is -2.21. The van der Waals surface area contributed by atoms with Crippen molar-refractivity contribution in [2.75, 3.05) is 0 Å². The first-order chi connectivity index (χ1) is 10.6. The Balaban J connectivity index is 1.94. The summed E-state index contributed by atoms with van der Waals surface area (Å²) in [6.07, 6.45) is 1.02. The smallest absolute Gasteiger partial charge is 0.280 e. The number of nitrogens with one attached hydrogen (secondary N) is 1. The number of hydrazone groups is 1. The standard InChI is InChI=1S/C16H16BrN3O2/c1-11(15-8-3-4-9-18-15)19-20-16(21)12(2)22-14-7-5-6-13(17)10-14/h3-10,12H,1-2H3,(H,20,21)/b19-11-/t12-/m1/s1. The fraction of sp³-hybridized carbons (Fsp3) is 0.188. The molecule has 0 radical (unpaired) electrons. The van der Waals surface area contributed by atoms with Crippen LogP contribution in [0.5, 0.6) is 5.75 Å². The molecule has 114 valence electrons. The van der Waals surface area contributed by atoms with E-state index in [1.54, 1.807) is 32.2 Å². The van der Waals surface area contributed by atoms with E-state index >= 15 is 0 Å². The predicted molar refractivity (Wildman–Crippen MR) is 88.8 cm³/mol. The molecule has 1 aromatic heterocycles. The zero-order valence-corrected chi connectivity index (χ0v) is 13.9. The van der Waals surface area contributed by atoms with Gasteiger partial charge in [-0.1, -0.05) is 28.1 Å². The summed E-state index contributed by atoms with van der Waals surface area (Å²) < 4.78 is 6.46. The number of rotatable bonds is 5. The van der Waals surface area contributed by atoms with Crippen LogP contribution in [0.1, 0.15) is 19.5 Å². The molecule has 0 unspecified atom stereocenters. The number of hydrogen-bond acceptors (Lipinski definition) is 4. The Kier molecular flexibility index (Phi) is 5.66. The lowest BCUT2D eigenvalue weighted by molar-refractivity contribution is -0.127. The van der Waals surface area contributed by atoms with Crippen LogP contribution in [0.3, 0.4) is 0 Å². The number of nitrogens with zero attached hydrogens (tertiary/aromatic N) is 2. The average Bonchev–Trinajstić information content (AvgIpc) is 2.53. The van der Waals surface area contributed by atoms with E-state index in [9.17, 15) is 4.79 Å². The van der Waals surface area contributed by atoms with Gasteiger partial charge in [0.1, 0.15) is 5.75 Å². The quantitative estimate of drug-likeness (QED) is 0.657. The second-order valence-corrected chi connectivity index (χ2v) is 5.52. The number of aromatic nitrogens is 1. The van der Waals surface area contributed by atoms with Gasteiger partial charge in [-0.25, -0.2) is 5.43 Å². The Morgan fingerprint density at radius 3 is 2.82 bits per heavy atom. The minimum atomic E-state index is -0.658. The van der Waals surface area contributed by atoms with E-state index in [0.717, 1.165) is 4.47 Å². The van der Waals surface area contributed by atoms with Crippen molar-refractivity contribution < 1.29 is 9.53 Å². The van der Waals surface area contributed by atoms with Crippen molar-refractivity contribution in [3.05, 3.63) is 58.8 Å². The highest BCUT2D eigenvalue weighted by atomic mass is 79.9. The van der Waals surface area contributed by atoms with Crippen LogP contribution in [0.4, 0.5) is 0 Å². The third-order valence-corrected chi connectivity index (χ3v) is 3.34. The molecule has 0 saturated heterocycles. The van der Waals surface area contributed by atoms with Gasteiger partial charge < -0.3 is 4.74 Å². The van der Waals surface area contributed by atoms with Crippen molar-refractivity contribution in [1.82, 2.24) is 10.4 Å². The highest BCUT2D eigenvalue weighted by molar-refractivity contribution is 9.10. The number of benzene rings is 1. The van der Waals surface area contributed by atoms with Gasteiger partial charge in [0.15, 0.2) is 6.10 Å². The van der Waals surface area contributed by atoms with E-state index in [0.29, 0.717) is 17.2 Å². The highest BCUT2D eigenvalue weighted by Gasteiger charge is 2.14. The molecular weight excluding hydrogens is 346 g/mol. The van der Waals surface area contributed by atoms with Crippen molar-refractivity contribution in [2.45, 2.75) is 20.0 Å². The second kappa shape index (κ2) is 7.70. The summed E-state index contributed by atoms with van der Waals surface area (Å²) in [6, 6.07) is 12.8. The number of pyridine rings is 1. The zero-order valence-electron chi connectivity index (χ0n) is 12.3. The topological polar surface area (TPSA) is 63.6 Å². The molecule has 0 aliphatic carbocycles. The van der Waals surface area contributed by atoms with Gasteiger partial charge in [0.25, 0.3) is 5.91 Å². The summed E-state index contributed by atoms with van der Waals surface area (Å²) >= 11 is 3.36. The lowest BCUT2D eigenvalue weighted by Crippen LogP contribution is -2.34. The third kappa shape index (κ3) is 4.66. The summed E-state index contributed by atoms with van der Waals surface area (Å²) in [5, 5.41) is 4.04. The third-order valence-electron chi connectivity index (χ3n) is 2.85. The lowest BCUT2D eigenvalue weighted by Gasteiger charge is -2.13. The number of ether oxygens (including phenoxy) is 1. The molecule has 0 fully saturated rings. The van der Waals surface area contributed by atoms with E-state index < -0.39 is 6.10 Å². The van der Waals surface area contributed by atoms with Crippen molar-refractivity contribution >= 4 is 27.5 Å². The van der Waals surface area contributed by atoms with Crippen molar-refractivity contribution in [1.29, 1.82) is 0 Å².